The number of rotatable bonds is 3. The molecule has 0 heterocycles. The van der Waals surface area contributed by atoms with Gasteiger partial charge in [0.2, 0.25) is 15.9 Å². The highest BCUT2D eigenvalue weighted by Gasteiger charge is 2.68. The summed E-state index contributed by atoms with van der Waals surface area (Å²) in [5.41, 5.74) is 0.0276. The molecule has 3 N–H and O–H groups in total. The predicted octanol–water partition coefficient (Wildman–Crippen LogP) is 1.95. The van der Waals surface area contributed by atoms with E-state index >= 15 is 0 Å². The van der Waals surface area contributed by atoms with E-state index in [1.807, 2.05) is 27.7 Å². The van der Waals surface area contributed by atoms with Crippen LogP contribution in [0.25, 0.3) is 0 Å². The number of hydrogen-bond donors (Lipinski definition) is 2. The van der Waals surface area contributed by atoms with E-state index in [9.17, 15) is 13.2 Å². The number of nitrogens with one attached hydrogen (secondary N) is 1. The maximum atomic E-state index is 12.3. The van der Waals surface area contributed by atoms with Crippen molar-refractivity contribution in [1.29, 1.82) is 0 Å². The number of sulfonamides is 1. The molecule has 0 aliphatic heterocycles. The first-order valence-electron chi connectivity index (χ1n) is 6.42. The lowest BCUT2D eigenvalue weighted by Gasteiger charge is -2.10. The second-order valence-corrected chi connectivity index (χ2v) is 7.94. The number of carbonyl (C=O) groups excluding carboxylic acids is 1. The Morgan fingerprint density at radius 3 is 2.10 bits per heavy atom. The minimum absolute atomic E-state index is 0.0652. The van der Waals surface area contributed by atoms with Crippen LogP contribution < -0.4 is 10.5 Å². The van der Waals surface area contributed by atoms with Gasteiger partial charge >= 0.3 is 0 Å². The molecule has 0 radical (unpaired) electrons. The quantitative estimate of drug-likeness (QED) is 0.893. The summed E-state index contributed by atoms with van der Waals surface area (Å²) in [5, 5.41) is 7.84. The third kappa shape index (κ3) is 2.23. The molecule has 0 atom stereocenters. The van der Waals surface area contributed by atoms with E-state index in [2.05, 4.69) is 5.32 Å². The highest BCUT2D eigenvalue weighted by Crippen LogP contribution is 2.68. The SMILES string of the molecule is CC1(C)C(C(=O)Nc2ccccc2S(N)(=O)=O)C1(C)C. The summed E-state index contributed by atoms with van der Waals surface area (Å²) in [6, 6.07) is 6.15. The van der Waals surface area contributed by atoms with Gasteiger partial charge in [-0.15, -0.1) is 0 Å². The molecular weight excluding hydrogens is 276 g/mol. The van der Waals surface area contributed by atoms with E-state index in [4.69, 9.17) is 5.14 Å². The van der Waals surface area contributed by atoms with E-state index in [-0.39, 0.29) is 33.2 Å². The van der Waals surface area contributed by atoms with Crippen molar-refractivity contribution < 1.29 is 13.2 Å². The molecule has 0 saturated heterocycles. The fraction of sp³-hybridized carbons (Fsp3) is 0.500. The molecule has 1 amide bonds. The van der Waals surface area contributed by atoms with Crippen molar-refractivity contribution in [1.82, 2.24) is 0 Å². The molecule has 6 heteroatoms. The van der Waals surface area contributed by atoms with Crippen LogP contribution in [0.2, 0.25) is 0 Å². The number of hydrogen-bond acceptors (Lipinski definition) is 3. The number of benzene rings is 1. The lowest BCUT2D eigenvalue weighted by atomic mass is 10.0. The van der Waals surface area contributed by atoms with Crippen molar-refractivity contribution in [3.63, 3.8) is 0 Å². The van der Waals surface area contributed by atoms with Crippen LogP contribution in [0.1, 0.15) is 27.7 Å². The molecule has 1 aromatic rings. The first kappa shape index (κ1) is 15.0. The number of amides is 1. The van der Waals surface area contributed by atoms with Crippen LogP contribution in [-0.4, -0.2) is 14.3 Å². The average molecular weight is 296 g/mol. The molecule has 1 aliphatic rings. The van der Waals surface area contributed by atoms with E-state index in [0.717, 1.165) is 0 Å². The normalized spacial score (nSPS) is 20.4. The van der Waals surface area contributed by atoms with Crippen molar-refractivity contribution in [2.45, 2.75) is 32.6 Å². The Labute approximate surface area is 119 Å². The van der Waals surface area contributed by atoms with Gasteiger partial charge in [0.1, 0.15) is 4.90 Å². The zero-order valence-corrected chi connectivity index (χ0v) is 12.9. The molecule has 0 spiro atoms. The second kappa shape index (κ2) is 4.30. The molecule has 0 unspecified atom stereocenters. The zero-order chi connectivity index (χ0) is 15.3. The van der Waals surface area contributed by atoms with Gasteiger partial charge in [0.25, 0.3) is 0 Å². The van der Waals surface area contributed by atoms with Crippen LogP contribution in [-0.2, 0) is 14.8 Å². The fourth-order valence-corrected chi connectivity index (χ4v) is 3.57. The Kier molecular flexibility index (Phi) is 3.22. The number of nitrogens with two attached hydrogens (primary N) is 1. The van der Waals surface area contributed by atoms with Gasteiger partial charge in [0, 0.05) is 5.92 Å². The van der Waals surface area contributed by atoms with Crippen LogP contribution in [0, 0.1) is 16.7 Å². The van der Waals surface area contributed by atoms with Gasteiger partial charge in [-0.3, -0.25) is 4.79 Å². The van der Waals surface area contributed by atoms with Gasteiger partial charge in [-0.2, -0.15) is 0 Å². The first-order chi connectivity index (χ1) is 8.99. The van der Waals surface area contributed by atoms with Crippen molar-refractivity contribution in [3.05, 3.63) is 24.3 Å². The molecular formula is C14H20N2O3S. The lowest BCUT2D eigenvalue weighted by Crippen LogP contribution is -2.21. The summed E-state index contributed by atoms with van der Waals surface area (Å²) < 4.78 is 23.0. The Balaban J connectivity index is 2.28. The highest BCUT2D eigenvalue weighted by molar-refractivity contribution is 7.89. The van der Waals surface area contributed by atoms with Gasteiger partial charge < -0.3 is 5.32 Å². The standard InChI is InChI=1S/C14H20N2O3S/c1-13(2)11(14(13,3)4)12(17)16-9-7-5-6-8-10(9)20(15,18)19/h5-8,11H,1-4H3,(H,16,17)(H2,15,18,19). The third-order valence-electron chi connectivity index (χ3n) is 4.73. The fourth-order valence-electron chi connectivity index (χ4n) is 2.87. The van der Waals surface area contributed by atoms with Gasteiger partial charge in [-0.25, -0.2) is 13.6 Å². The molecule has 1 saturated carbocycles. The Hall–Kier alpha value is -1.40. The van der Waals surface area contributed by atoms with Crippen LogP contribution in [0.15, 0.2) is 29.2 Å². The molecule has 1 fully saturated rings. The maximum absolute atomic E-state index is 12.3. The molecule has 20 heavy (non-hydrogen) atoms. The van der Waals surface area contributed by atoms with E-state index < -0.39 is 10.0 Å². The van der Waals surface area contributed by atoms with Crippen LogP contribution in [0.5, 0.6) is 0 Å². The van der Waals surface area contributed by atoms with Crippen molar-refractivity contribution in [2.24, 2.45) is 21.9 Å². The number of anilines is 1. The summed E-state index contributed by atoms with van der Waals surface area (Å²) in [6.07, 6.45) is 0. The molecule has 110 valence electrons. The molecule has 2 rings (SSSR count). The molecule has 5 nitrogen and oxygen atoms in total. The number of para-hydroxylation sites is 1. The van der Waals surface area contributed by atoms with Gasteiger partial charge in [0.05, 0.1) is 5.69 Å². The lowest BCUT2D eigenvalue weighted by molar-refractivity contribution is -0.118. The first-order valence-corrected chi connectivity index (χ1v) is 7.97. The van der Waals surface area contributed by atoms with Crippen molar-refractivity contribution in [2.75, 3.05) is 5.32 Å². The smallest absolute Gasteiger partial charge is 0.240 e. The third-order valence-corrected chi connectivity index (χ3v) is 5.70. The number of carbonyl (C=O) groups is 1. The molecule has 0 aromatic heterocycles. The Morgan fingerprint density at radius 1 is 1.15 bits per heavy atom. The van der Waals surface area contributed by atoms with Crippen LogP contribution in [0.3, 0.4) is 0 Å². The largest absolute Gasteiger partial charge is 0.325 e. The Bertz CT molecular complexity index is 649. The topological polar surface area (TPSA) is 89.3 Å². The van der Waals surface area contributed by atoms with Crippen LogP contribution >= 0.6 is 0 Å². The highest BCUT2D eigenvalue weighted by atomic mass is 32.2. The maximum Gasteiger partial charge on any atom is 0.240 e. The summed E-state index contributed by atoms with van der Waals surface area (Å²) >= 11 is 0. The van der Waals surface area contributed by atoms with Gasteiger partial charge in [-0.1, -0.05) is 39.8 Å². The summed E-state index contributed by atoms with van der Waals surface area (Å²) in [4.78, 5) is 12.3. The summed E-state index contributed by atoms with van der Waals surface area (Å²) in [6.45, 7) is 8.12. The van der Waals surface area contributed by atoms with Gasteiger partial charge in [0.15, 0.2) is 0 Å². The van der Waals surface area contributed by atoms with Gasteiger partial charge in [-0.05, 0) is 23.0 Å². The zero-order valence-electron chi connectivity index (χ0n) is 12.1. The molecule has 1 aliphatic carbocycles. The Morgan fingerprint density at radius 2 is 1.65 bits per heavy atom. The van der Waals surface area contributed by atoms with E-state index in [1.54, 1.807) is 18.2 Å². The molecule has 1 aromatic carbocycles. The summed E-state index contributed by atoms with van der Waals surface area (Å²) in [5.74, 6) is -0.320. The minimum Gasteiger partial charge on any atom is -0.325 e. The molecule has 0 bridgehead atoms. The van der Waals surface area contributed by atoms with E-state index in [0.29, 0.717) is 0 Å². The predicted molar refractivity (Wildman–Crippen MR) is 77.5 cm³/mol. The van der Waals surface area contributed by atoms with Crippen molar-refractivity contribution in [3.8, 4) is 0 Å². The van der Waals surface area contributed by atoms with E-state index in [1.165, 1.54) is 6.07 Å². The summed E-state index contributed by atoms with van der Waals surface area (Å²) in [7, 11) is -3.86. The minimum atomic E-state index is -3.86. The number of primary sulfonamides is 1. The van der Waals surface area contributed by atoms with Crippen molar-refractivity contribution >= 4 is 21.6 Å². The monoisotopic (exact) mass is 296 g/mol. The van der Waals surface area contributed by atoms with Crippen LogP contribution in [0.4, 0.5) is 5.69 Å². The second-order valence-electron chi connectivity index (χ2n) is 6.41. The average Bonchev–Trinajstić information content (AvgIpc) is 2.68.